The second-order valence-electron chi connectivity index (χ2n) is 3.56. The first-order valence-electron chi connectivity index (χ1n) is 4.71. The molecule has 2 N–H and O–H groups in total. The highest BCUT2D eigenvalue weighted by atomic mass is 32.1. The van der Waals surface area contributed by atoms with Crippen LogP contribution in [0, 0.1) is 5.92 Å². The zero-order chi connectivity index (χ0) is 10.4. The van der Waals surface area contributed by atoms with Gasteiger partial charge in [0.25, 0.3) is 0 Å². The standard InChI is InChI=1S/C10H16N2OS/c1-8(2)5-12-10(13)6-11-9-3-4-14-7-9/h3-4,7-8,11H,5-6H2,1-2H3,(H,12,13). The van der Waals surface area contributed by atoms with Crippen LogP contribution in [0.3, 0.4) is 0 Å². The van der Waals surface area contributed by atoms with Crippen molar-refractivity contribution in [1.82, 2.24) is 5.32 Å². The first kappa shape index (κ1) is 11.0. The lowest BCUT2D eigenvalue weighted by Crippen LogP contribution is -2.32. The van der Waals surface area contributed by atoms with Gasteiger partial charge in [-0.1, -0.05) is 13.8 Å². The molecular weight excluding hydrogens is 196 g/mol. The third-order valence-electron chi connectivity index (χ3n) is 1.68. The summed E-state index contributed by atoms with van der Waals surface area (Å²) in [6.07, 6.45) is 0. The highest BCUT2D eigenvalue weighted by Gasteiger charge is 2.01. The Morgan fingerprint density at radius 2 is 2.36 bits per heavy atom. The molecule has 0 saturated carbocycles. The van der Waals surface area contributed by atoms with Crippen molar-refractivity contribution in [1.29, 1.82) is 0 Å². The number of hydrogen-bond donors (Lipinski definition) is 2. The van der Waals surface area contributed by atoms with E-state index in [2.05, 4.69) is 24.5 Å². The minimum Gasteiger partial charge on any atom is -0.375 e. The molecule has 14 heavy (non-hydrogen) atoms. The van der Waals surface area contributed by atoms with Crippen molar-refractivity contribution in [3.8, 4) is 0 Å². The van der Waals surface area contributed by atoms with Gasteiger partial charge >= 0.3 is 0 Å². The van der Waals surface area contributed by atoms with Gasteiger partial charge in [-0.05, 0) is 17.4 Å². The van der Waals surface area contributed by atoms with Gasteiger partial charge in [0.15, 0.2) is 0 Å². The Morgan fingerprint density at radius 3 is 2.93 bits per heavy atom. The zero-order valence-corrected chi connectivity index (χ0v) is 9.36. The Bertz CT molecular complexity index is 270. The molecule has 0 bridgehead atoms. The maximum Gasteiger partial charge on any atom is 0.239 e. The molecule has 0 unspecified atom stereocenters. The van der Waals surface area contributed by atoms with Crippen LogP contribution in [-0.4, -0.2) is 19.0 Å². The van der Waals surface area contributed by atoms with Gasteiger partial charge in [0.2, 0.25) is 5.91 Å². The Labute approximate surface area is 88.5 Å². The highest BCUT2D eigenvalue weighted by Crippen LogP contribution is 2.10. The van der Waals surface area contributed by atoms with Gasteiger partial charge < -0.3 is 10.6 Å². The van der Waals surface area contributed by atoms with Crippen molar-refractivity contribution < 1.29 is 4.79 Å². The monoisotopic (exact) mass is 212 g/mol. The van der Waals surface area contributed by atoms with Crippen LogP contribution in [0.1, 0.15) is 13.8 Å². The van der Waals surface area contributed by atoms with E-state index in [9.17, 15) is 4.79 Å². The van der Waals surface area contributed by atoms with E-state index in [-0.39, 0.29) is 5.91 Å². The summed E-state index contributed by atoms with van der Waals surface area (Å²) in [5.74, 6) is 0.546. The Balaban J connectivity index is 2.15. The van der Waals surface area contributed by atoms with Gasteiger partial charge in [-0.15, -0.1) is 0 Å². The first-order valence-corrected chi connectivity index (χ1v) is 5.65. The predicted octanol–water partition coefficient (Wildman–Crippen LogP) is 1.93. The van der Waals surface area contributed by atoms with Gasteiger partial charge in [0, 0.05) is 17.6 Å². The SMILES string of the molecule is CC(C)CNC(=O)CNc1ccsc1. The molecule has 0 fully saturated rings. The summed E-state index contributed by atoms with van der Waals surface area (Å²) in [5.41, 5.74) is 1.01. The molecule has 1 heterocycles. The van der Waals surface area contributed by atoms with Crippen LogP contribution in [0.5, 0.6) is 0 Å². The van der Waals surface area contributed by atoms with Crippen LogP contribution >= 0.6 is 11.3 Å². The summed E-state index contributed by atoms with van der Waals surface area (Å²) in [7, 11) is 0. The summed E-state index contributed by atoms with van der Waals surface area (Å²) in [6.45, 7) is 5.24. The van der Waals surface area contributed by atoms with Crippen LogP contribution in [-0.2, 0) is 4.79 Å². The molecule has 0 spiro atoms. The largest absolute Gasteiger partial charge is 0.375 e. The highest BCUT2D eigenvalue weighted by molar-refractivity contribution is 7.08. The van der Waals surface area contributed by atoms with Crippen LogP contribution in [0.25, 0.3) is 0 Å². The van der Waals surface area contributed by atoms with Crippen LogP contribution in [0.4, 0.5) is 5.69 Å². The van der Waals surface area contributed by atoms with E-state index in [1.165, 1.54) is 0 Å². The topological polar surface area (TPSA) is 41.1 Å². The number of hydrogen-bond acceptors (Lipinski definition) is 3. The molecule has 0 aliphatic carbocycles. The van der Waals surface area contributed by atoms with Gasteiger partial charge in [0.05, 0.1) is 6.54 Å². The molecule has 0 saturated heterocycles. The summed E-state index contributed by atoms with van der Waals surface area (Å²) in [6, 6.07) is 1.96. The van der Waals surface area contributed by atoms with Crippen molar-refractivity contribution >= 4 is 22.9 Å². The lowest BCUT2D eigenvalue weighted by molar-refractivity contribution is -0.119. The Morgan fingerprint density at radius 1 is 1.57 bits per heavy atom. The summed E-state index contributed by atoms with van der Waals surface area (Å²) in [5, 5.41) is 9.86. The Hall–Kier alpha value is -1.03. The molecule has 1 aromatic heterocycles. The van der Waals surface area contributed by atoms with Crippen molar-refractivity contribution in [3.05, 3.63) is 16.8 Å². The van der Waals surface area contributed by atoms with Crippen LogP contribution < -0.4 is 10.6 Å². The van der Waals surface area contributed by atoms with Crippen molar-refractivity contribution in [2.24, 2.45) is 5.92 Å². The quantitative estimate of drug-likeness (QED) is 0.783. The first-order chi connectivity index (χ1) is 6.68. The predicted molar refractivity (Wildman–Crippen MR) is 60.7 cm³/mol. The molecule has 0 aromatic carbocycles. The smallest absolute Gasteiger partial charge is 0.239 e. The molecule has 3 nitrogen and oxygen atoms in total. The molecule has 0 aliphatic heterocycles. The third-order valence-corrected chi connectivity index (χ3v) is 2.36. The third kappa shape index (κ3) is 4.28. The van der Waals surface area contributed by atoms with Crippen LogP contribution in [0.15, 0.2) is 16.8 Å². The number of carbonyl (C=O) groups excluding carboxylic acids is 1. The number of nitrogens with one attached hydrogen (secondary N) is 2. The summed E-state index contributed by atoms with van der Waals surface area (Å²) in [4.78, 5) is 11.3. The minimum absolute atomic E-state index is 0.0462. The number of anilines is 1. The van der Waals surface area contributed by atoms with Crippen molar-refractivity contribution in [3.63, 3.8) is 0 Å². The zero-order valence-electron chi connectivity index (χ0n) is 8.54. The van der Waals surface area contributed by atoms with Gasteiger partial charge in [-0.25, -0.2) is 0 Å². The van der Waals surface area contributed by atoms with Crippen molar-refractivity contribution in [2.45, 2.75) is 13.8 Å². The molecule has 78 valence electrons. The number of rotatable bonds is 5. The van der Waals surface area contributed by atoms with Gasteiger partial charge in [-0.3, -0.25) is 4.79 Å². The second-order valence-corrected chi connectivity index (χ2v) is 4.34. The van der Waals surface area contributed by atoms with E-state index in [1.54, 1.807) is 11.3 Å². The normalized spacial score (nSPS) is 10.2. The fourth-order valence-corrected chi connectivity index (χ4v) is 1.54. The lowest BCUT2D eigenvalue weighted by Gasteiger charge is -2.08. The molecule has 0 atom stereocenters. The van der Waals surface area contributed by atoms with E-state index in [4.69, 9.17) is 0 Å². The second kappa shape index (κ2) is 5.65. The van der Waals surface area contributed by atoms with E-state index < -0.39 is 0 Å². The molecule has 0 aliphatic rings. The molecule has 1 rings (SSSR count). The van der Waals surface area contributed by atoms with Crippen molar-refractivity contribution in [2.75, 3.05) is 18.4 Å². The molecule has 4 heteroatoms. The van der Waals surface area contributed by atoms with E-state index >= 15 is 0 Å². The molecular formula is C10H16N2OS. The molecule has 1 amide bonds. The molecule has 1 aromatic rings. The van der Waals surface area contributed by atoms with E-state index in [0.717, 1.165) is 12.2 Å². The summed E-state index contributed by atoms with van der Waals surface area (Å²) >= 11 is 1.62. The average molecular weight is 212 g/mol. The minimum atomic E-state index is 0.0462. The van der Waals surface area contributed by atoms with Gasteiger partial charge in [-0.2, -0.15) is 11.3 Å². The molecule has 0 radical (unpaired) electrons. The maximum atomic E-state index is 11.3. The number of carbonyl (C=O) groups is 1. The fraction of sp³-hybridized carbons (Fsp3) is 0.500. The summed E-state index contributed by atoms with van der Waals surface area (Å²) < 4.78 is 0. The maximum absolute atomic E-state index is 11.3. The van der Waals surface area contributed by atoms with Gasteiger partial charge in [0.1, 0.15) is 0 Å². The number of thiophene rings is 1. The van der Waals surface area contributed by atoms with E-state index in [0.29, 0.717) is 12.5 Å². The van der Waals surface area contributed by atoms with E-state index in [1.807, 2.05) is 16.8 Å². The Kier molecular flexibility index (Phi) is 4.46. The average Bonchev–Trinajstić information content (AvgIpc) is 2.63. The van der Waals surface area contributed by atoms with Crippen LogP contribution in [0.2, 0.25) is 0 Å². The fourth-order valence-electron chi connectivity index (χ4n) is 0.928. The lowest BCUT2D eigenvalue weighted by atomic mass is 10.2. The number of amides is 1.